The topological polar surface area (TPSA) is 51.2 Å². The fraction of sp³-hybridized carbons (Fsp3) is 0.111. The van der Waals surface area contributed by atoms with Gasteiger partial charge >= 0.3 is 6.09 Å². The van der Waals surface area contributed by atoms with Crippen molar-refractivity contribution in [3.05, 3.63) is 24.3 Å². The number of nitrogens with one attached hydrogen (secondary N) is 1. The van der Waals surface area contributed by atoms with Gasteiger partial charge in [-0.15, -0.1) is 0 Å². The van der Waals surface area contributed by atoms with E-state index < -0.39 is 6.09 Å². The van der Waals surface area contributed by atoms with E-state index in [4.69, 9.17) is 0 Å². The third-order valence-corrected chi connectivity index (χ3v) is 2.61. The molecule has 14 heavy (non-hydrogen) atoms. The van der Waals surface area contributed by atoms with Crippen LogP contribution in [0.4, 0.5) is 10.6 Å². The molecule has 5 heteroatoms. The van der Waals surface area contributed by atoms with Crippen LogP contribution >= 0.6 is 11.5 Å². The fourth-order valence-corrected chi connectivity index (χ4v) is 1.86. The molecule has 0 radical (unpaired) electrons. The predicted molar refractivity (Wildman–Crippen MR) is 55.6 cm³/mol. The first-order chi connectivity index (χ1) is 6.81. The zero-order valence-corrected chi connectivity index (χ0v) is 8.30. The summed E-state index contributed by atoms with van der Waals surface area (Å²) in [5, 5.41) is 3.49. The average Bonchev–Trinajstić information content (AvgIpc) is 2.62. The van der Waals surface area contributed by atoms with Crippen LogP contribution in [0.2, 0.25) is 0 Å². The lowest BCUT2D eigenvalue weighted by Crippen LogP contribution is -2.11. The summed E-state index contributed by atoms with van der Waals surface area (Å²) < 4.78 is 9.64. The van der Waals surface area contributed by atoms with E-state index >= 15 is 0 Å². The number of rotatable bonds is 1. The van der Waals surface area contributed by atoms with Crippen LogP contribution in [0, 0.1) is 0 Å². The van der Waals surface area contributed by atoms with Gasteiger partial charge in [-0.1, -0.05) is 12.1 Å². The van der Waals surface area contributed by atoms with E-state index in [1.807, 2.05) is 24.3 Å². The van der Waals surface area contributed by atoms with Gasteiger partial charge in [0, 0.05) is 5.39 Å². The van der Waals surface area contributed by atoms with E-state index in [1.54, 1.807) is 0 Å². The third kappa shape index (κ3) is 1.54. The van der Waals surface area contributed by atoms with Gasteiger partial charge in [-0.25, -0.2) is 4.79 Å². The van der Waals surface area contributed by atoms with Gasteiger partial charge in [-0.2, -0.15) is 4.37 Å². The van der Waals surface area contributed by atoms with Crippen molar-refractivity contribution in [2.24, 2.45) is 0 Å². The highest BCUT2D eigenvalue weighted by Crippen LogP contribution is 2.25. The average molecular weight is 208 g/mol. The van der Waals surface area contributed by atoms with E-state index in [2.05, 4.69) is 14.4 Å². The zero-order chi connectivity index (χ0) is 9.97. The molecule has 0 unspecified atom stereocenters. The summed E-state index contributed by atoms with van der Waals surface area (Å²) in [6.07, 6.45) is -0.499. The quantitative estimate of drug-likeness (QED) is 0.783. The summed E-state index contributed by atoms with van der Waals surface area (Å²) in [7, 11) is 1.32. The van der Waals surface area contributed by atoms with Gasteiger partial charge < -0.3 is 4.74 Å². The Morgan fingerprint density at radius 3 is 3.07 bits per heavy atom. The van der Waals surface area contributed by atoms with Crippen molar-refractivity contribution in [3.8, 4) is 0 Å². The molecule has 0 aliphatic rings. The van der Waals surface area contributed by atoms with Crippen LogP contribution < -0.4 is 5.32 Å². The molecular formula is C9H8N2O2S. The summed E-state index contributed by atoms with van der Waals surface area (Å²) in [6.45, 7) is 0. The van der Waals surface area contributed by atoms with Crippen LogP contribution in [-0.4, -0.2) is 17.6 Å². The molecule has 2 aromatic rings. The lowest BCUT2D eigenvalue weighted by atomic mass is 10.3. The normalized spacial score (nSPS) is 10.1. The molecule has 2 rings (SSSR count). The number of amides is 1. The predicted octanol–water partition coefficient (Wildman–Crippen LogP) is 2.47. The Hall–Kier alpha value is -1.62. The SMILES string of the molecule is COC(=O)Nc1nsc2ccccc12. The van der Waals surface area contributed by atoms with Crippen LogP contribution in [-0.2, 0) is 4.74 Å². The van der Waals surface area contributed by atoms with Crippen LogP contribution in [0.25, 0.3) is 10.1 Å². The van der Waals surface area contributed by atoms with Gasteiger partial charge in [-0.05, 0) is 23.7 Å². The van der Waals surface area contributed by atoms with Crippen molar-refractivity contribution in [2.75, 3.05) is 12.4 Å². The molecule has 0 saturated heterocycles. The number of carbonyl (C=O) groups excluding carboxylic acids is 1. The Balaban J connectivity index is 2.38. The molecule has 0 aliphatic carbocycles. The van der Waals surface area contributed by atoms with Gasteiger partial charge in [0.25, 0.3) is 0 Å². The summed E-state index contributed by atoms with van der Waals surface area (Å²) >= 11 is 1.35. The number of hydrogen-bond acceptors (Lipinski definition) is 4. The Kier molecular flexibility index (Phi) is 2.32. The molecule has 4 nitrogen and oxygen atoms in total. The maximum atomic E-state index is 11.0. The Labute approximate surface area is 84.7 Å². The smallest absolute Gasteiger partial charge is 0.412 e. The molecule has 1 aromatic heterocycles. The highest BCUT2D eigenvalue weighted by molar-refractivity contribution is 7.13. The maximum absolute atomic E-state index is 11.0. The van der Waals surface area contributed by atoms with E-state index in [0.29, 0.717) is 5.82 Å². The van der Waals surface area contributed by atoms with Crippen molar-refractivity contribution in [1.29, 1.82) is 0 Å². The zero-order valence-electron chi connectivity index (χ0n) is 7.48. The van der Waals surface area contributed by atoms with Crippen molar-refractivity contribution in [1.82, 2.24) is 4.37 Å². The second kappa shape index (κ2) is 3.63. The van der Waals surface area contributed by atoms with Crippen LogP contribution in [0.3, 0.4) is 0 Å². The Morgan fingerprint density at radius 2 is 2.29 bits per heavy atom. The van der Waals surface area contributed by atoms with Crippen molar-refractivity contribution in [2.45, 2.75) is 0 Å². The third-order valence-electron chi connectivity index (χ3n) is 1.78. The molecular weight excluding hydrogens is 200 g/mol. The van der Waals surface area contributed by atoms with E-state index in [0.717, 1.165) is 10.1 Å². The highest BCUT2D eigenvalue weighted by atomic mass is 32.1. The van der Waals surface area contributed by atoms with Crippen molar-refractivity contribution < 1.29 is 9.53 Å². The monoisotopic (exact) mass is 208 g/mol. The van der Waals surface area contributed by atoms with Gasteiger partial charge in [0.1, 0.15) is 0 Å². The number of fused-ring (bicyclic) bond motifs is 1. The lowest BCUT2D eigenvalue weighted by Gasteiger charge is -1.99. The number of carbonyl (C=O) groups is 1. The molecule has 72 valence electrons. The number of hydrogen-bond donors (Lipinski definition) is 1. The maximum Gasteiger partial charge on any atom is 0.412 e. The Bertz CT molecular complexity index is 467. The fourth-order valence-electron chi connectivity index (χ4n) is 1.12. The lowest BCUT2D eigenvalue weighted by molar-refractivity contribution is 0.187. The molecule has 0 fully saturated rings. The van der Waals surface area contributed by atoms with Gasteiger partial charge in [0.05, 0.1) is 11.8 Å². The highest BCUT2D eigenvalue weighted by Gasteiger charge is 2.07. The number of methoxy groups -OCH3 is 1. The summed E-state index contributed by atoms with van der Waals surface area (Å²) in [4.78, 5) is 11.0. The van der Waals surface area contributed by atoms with Gasteiger partial charge in [0.15, 0.2) is 5.82 Å². The molecule has 1 N–H and O–H groups in total. The van der Waals surface area contributed by atoms with Gasteiger partial charge in [-0.3, -0.25) is 5.32 Å². The number of anilines is 1. The number of benzene rings is 1. The van der Waals surface area contributed by atoms with E-state index in [1.165, 1.54) is 18.6 Å². The molecule has 0 atom stereocenters. The van der Waals surface area contributed by atoms with Crippen molar-refractivity contribution in [3.63, 3.8) is 0 Å². The molecule has 0 bridgehead atoms. The largest absolute Gasteiger partial charge is 0.453 e. The molecule has 1 amide bonds. The second-order valence-electron chi connectivity index (χ2n) is 2.64. The van der Waals surface area contributed by atoms with Crippen LogP contribution in [0.1, 0.15) is 0 Å². The summed E-state index contributed by atoms with van der Waals surface area (Å²) in [5.74, 6) is 0.553. The molecule has 0 saturated carbocycles. The Morgan fingerprint density at radius 1 is 1.50 bits per heavy atom. The molecule has 0 spiro atoms. The van der Waals surface area contributed by atoms with E-state index in [-0.39, 0.29) is 0 Å². The number of aromatic nitrogens is 1. The first-order valence-electron chi connectivity index (χ1n) is 4.00. The minimum Gasteiger partial charge on any atom is -0.453 e. The molecule has 1 aromatic carbocycles. The number of ether oxygens (including phenoxy) is 1. The minimum atomic E-state index is -0.499. The van der Waals surface area contributed by atoms with Gasteiger partial charge in [0.2, 0.25) is 0 Å². The van der Waals surface area contributed by atoms with Crippen molar-refractivity contribution >= 4 is 33.5 Å². The van der Waals surface area contributed by atoms with Crippen LogP contribution in [0.15, 0.2) is 24.3 Å². The van der Waals surface area contributed by atoms with Crippen LogP contribution in [0.5, 0.6) is 0 Å². The first-order valence-corrected chi connectivity index (χ1v) is 4.78. The van der Waals surface area contributed by atoms with E-state index in [9.17, 15) is 4.79 Å². The minimum absolute atomic E-state index is 0.499. The molecule has 0 aliphatic heterocycles. The second-order valence-corrected chi connectivity index (χ2v) is 3.45. The molecule has 1 heterocycles. The summed E-state index contributed by atoms with van der Waals surface area (Å²) in [5.41, 5.74) is 0. The number of nitrogens with zero attached hydrogens (tertiary/aromatic N) is 1. The first kappa shape index (κ1) is 8.96. The standard InChI is InChI=1S/C9H8N2O2S/c1-13-9(12)10-8-6-4-2-3-5-7(6)14-11-8/h2-5H,1H3,(H,10,11,12). The summed E-state index contributed by atoms with van der Waals surface area (Å²) in [6, 6.07) is 7.70.